The van der Waals surface area contributed by atoms with Gasteiger partial charge in [0.2, 0.25) is 0 Å². The monoisotopic (exact) mass is 252 g/mol. The van der Waals surface area contributed by atoms with Crippen LogP contribution < -0.4 is 10.2 Å². The second-order valence-electron chi connectivity index (χ2n) is 4.31. The predicted octanol–water partition coefficient (Wildman–Crippen LogP) is 2.34. The Balaban J connectivity index is 2.19. The molecule has 1 saturated heterocycles. The van der Waals surface area contributed by atoms with Gasteiger partial charge in [-0.25, -0.2) is 0 Å². The third-order valence-electron chi connectivity index (χ3n) is 3.05. The highest BCUT2D eigenvalue weighted by Gasteiger charge is 2.16. The predicted molar refractivity (Wildman–Crippen MR) is 71.2 cm³/mol. The molecule has 1 N–H and O–H groups in total. The van der Waals surface area contributed by atoms with Crippen LogP contribution in [0.15, 0.2) is 18.2 Å². The normalized spacial score (nSPS) is 15.3. The summed E-state index contributed by atoms with van der Waals surface area (Å²) in [5, 5.41) is 3.53. The Hall–Kier alpha value is -1.06. The van der Waals surface area contributed by atoms with Crippen molar-refractivity contribution in [1.29, 1.82) is 0 Å². The first kappa shape index (κ1) is 12.4. The van der Waals surface area contributed by atoms with Crippen molar-refractivity contribution in [3.63, 3.8) is 0 Å². The molecule has 0 bridgehead atoms. The molecule has 1 aliphatic rings. The lowest BCUT2D eigenvalue weighted by atomic mass is 10.1. The number of rotatable bonds is 4. The number of hydrogen-bond acceptors (Lipinski definition) is 3. The zero-order valence-corrected chi connectivity index (χ0v) is 10.8. The number of nitrogens with zero attached hydrogens (tertiary/aromatic N) is 1. The Morgan fingerprint density at radius 1 is 1.41 bits per heavy atom. The SMILES string of the molecule is CNCC(=O)c1ccc(N2CCCC2)c(Cl)c1. The van der Waals surface area contributed by atoms with Crippen molar-refractivity contribution >= 4 is 23.1 Å². The first-order chi connectivity index (χ1) is 8.22. The van der Waals surface area contributed by atoms with Gasteiger partial charge in [0.25, 0.3) is 0 Å². The van der Waals surface area contributed by atoms with E-state index in [9.17, 15) is 4.79 Å². The minimum absolute atomic E-state index is 0.0716. The van der Waals surface area contributed by atoms with Crippen LogP contribution in [0.3, 0.4) is 0 Å². The van der Waals surface area contributed by atoms with Crippen LogP contribution in [0.4, 0.5) is 5.69 Å². The summed E-state index contributed by atoms with van der Waals surface area (Å²) in [5.41, 5.74) is 1.72. The van der Waals surface area contributed by atoms with Crippen molar-refractivity contribution in [3.05, 3.63) is 28.8 Å². The Morgan fingerprint density at radius 3 is 2.71 bits per heavy atom. The second-order valence-corrected chi connectivity index (χ2v) is 4.72. The lowest BCUT2D eigenvalue weighted by Gasteiger charge is -2.19. The molecule has 17 heavy (non-hydrogen) atoms. The lowest BCUT2D eigenvalue weighted by Crippen LogP contribution is -2.20. The molecule has 2 rings (SSSR count). The van der Waals surface area contributed by atoms with Gasteiger partial charge in [-0.2, -0.15) is 0 Å². The number of carbonyl (C=O) groups is 1. The number of hydrogen-bond donors (Lipinski definition) is 1. The molecule has 92 valence electrons. The number of carbonyl (C=O) groups excluding carboxylic acids is 1. The van der Waals surface area contributed by atoms with Gasteiger partial charge in [-0.3, -0.25) is 4.79 Å². The van der Waals surface area contributed by atoms with Gasteiger partial charge in [-0.05, 0) is 38.1 Å². The van der Waals surface area contributed by atoms with E-state index in [1.165, 1.54) is 12.8 Å². The van der Waals surface area contributed by atoms with Crippen LogP contribution in [0.25, 0.3) is 0 Å². The van der Waals surface area contributed by atoms with E-state index < -0.39 is 0 Å². The van der Waals surface area contributed by atoms with Gasteiger partial charge in [-0.15, -0.1) is 0 Å². The van der Waals surface area contributed by atoms with Crippen LogP contribution in [-0.4, -0.2) is 32.5 Å². The van der Waals surface area contributed by atoms with Crippen molar-refractivity contribution in [1.82, 2.24) is 5.32 Å². The molecule has 0 unspecified atom stereocenters. The molecule has 4 heteroatoms. The van der Waals surface area contributed by atoms with Crippen LogP contribution in [0, 0.1) is 0 Å². The van der Waals surface area contributed by atoms with Crippen LogP contribution in [0.2, 0.25) is 5.02 Å². The molecule has 0 radical (unpaired) electrons. The third kappa shape index (κ3) is 2.79. The summed E-state index contributed by atoms with van der Waals surface area (Å²) < 4.78 is 0. The Morgan fingerprint density at radius 2 is 2.12 bits per heavy atom. The maximum atomic E-state index is 11.7. The summed E-state index contributed by atoms with van der Waals surface area (Å²) in [6.45, 7) is 2.46. The minimum atomic E-state index is 0.0716. The summed E-state index contributed by atoms with van der Waals surface area (Å²) in [6.07, 6.45) is 2.44. The van der Waals surface area contributed by atoms with E-state index in [2.05, 4.69) is 10.2 Å². The van der Waals surface area contributed by atoms with Gasteiger partial charge < -0.3 is 10.2 Å². The number of anilines is 1. The number of ketones is 1. The van der Waals surface area contributed by atoms with Gasteiger partial charge in [0.05, 0.1) is 17.3 Å². The molecule has 1 fully saturated rings. The number of benzene rings is 1. The molecule has 0 aliphatic carbocycles. The molecular formula is C13H17ClN2O. The van der Waals surface area contributed by atoms with E-state index >= 15 is 0 Å². The van der Waals surface area contributed by atoms with Crippen LogP contribution >= 0.6 is 11.6 Å². The highest BCUT2D eigenvalue weighted by molar-refractivity contribution is 6.33. The smallest absolute Gasteiger partial charge is 0.176 e. The van der Waals surface area contributed by atoms with E-state index in [4.69, 9.17) is 11.6 Å². The fourth-order valence-corrected chi connectivity index (χ4v) is 2.46. The van der Waals surface area contributed by atoms with Crippen molar-refractivity contribution in [2.75, 3.05) is 31.6 Å². The lowest BCUT2D eigenvalue weighted by molar-refractivity contribution is 0.0993. The number of likely N-dealkylation sites (N-methyl/N-ethyl adjacent to an activating group) is 1. The minimum Gasteiger partial charge on any atom is -0.370 e. The molecule has 1 aliphatic heterocycles. The van der Waals surface area contributed by atoms with E-state index in [0.717, 1.165) is 18.8 Å². The molecule has 0 atom stereocenters. The highest BCUT2D eigenvalue weighted by atomic mass is 35.5. The third-order valence-corrected chi connectivity index (χ3v) is 3.36. The fraction of sp³-hybridized carbons (Fsp3) is 0.462. The quantitative estimate of drug-likeness (QED) is 0.835. The number of nitrogens with one attached hydrogen (secondary N) is 1. The number of halogens is 1. The summed E-state index contributed by atoms with van der Waals surface area (Å²) >= 11 is 6.24. The van der Waals surface area contributed by atoms with Gasteiger partial charge in [0.15, 0.2) is 5.78 Å². The largest absolute Gasteiger partial charge is 0.370 e. The van der Waals surface area contributed by atoms with Crippen molar-refractivity contribution in [3.8, 4) is 0 Å². The summed E-state index contributed by atoms with van der Waals surface area (Å²) in [4.78, 5) is 14.0. The number of Topliss-reactive ketones (excluding diaryl/α,β-unsaturated/α-hetero) is 1. The molecule has 0 amide bonds. The maximum absolute atomic E-state index is 11.7. The summed E-state index contributed by atoms with van der Waals surface area (Å²) in [6, 6.07) is 5.59. The Kier molecular flexibility index (Phi) is 4.02. The van der Waals surface area contributed by atoms with E-state index in [1.54, 1.807) is 13.1 Å². The first-order valence-corrected chi connectivity index (χ1v) is 6.32. The van der Waals surface area contributed by atoms with Crippen molar-refractivity contribution in [2.45, 2.75) is 12.8 Å². The average Bonchev–Trinajstić information content (AvgIpc) is 2.82. The topological polar surface area (TPSA) is 32.3 Å². The Labute approximate surface area is 107 Å². The zero-order valence-electron chi connectivity index (χ0n) is 10.0. The molecule has 1 aromatic carbocycles. The highest BCUT2D eigenvalue weighted by Crippen LogP contribution is 2.29. The average molecular weight is 253 g/mol. The van der Waals surface area contributed by atoms with Gasteiger partial charge >= 0.3 is 0 Å². The van der Waals surface area contributed by atoms with Gasteiger partial charge in [0, 0.05) is 18.7 Å². The molecule has 0 saturated carbocycles. The van der Waals surface area contributed by atoms with Crippen LogP contribution in [0.1, 0.15) is 23.2 Å². The zero-order chi connectivity index (χ0) is 12.3. The van der Waals surface area contributed by atoms with Gasteiger partial charge in [-0.1, -0.05) is 11.6 Å². The van der Waals surface area contributed by atoms with E-state index in [0.29, 0.717) is 17.1 Å². The second kappa shape index (κ2) is 5.52. The summed E-state index contributed by atoms with van der Waals surface area (Å²) in [5.74, 6) is 0.0716. The molecule has 3 nitrogen and oxygen atoms in total. The van der Waals surface area contributed by atoms with Crippen LogP contribution in [-0.2, 0) is 0 Å². The van der Waals surface area contributed by atoms with E-state index in [1.807, 2.05) is 12.1 Å². The standard InChI is InChI=1S/C13H17ClN2O/c1-15-9-13(17)10-4-5-12(11(14)8-10)16-6-2-3-7-16/h4-5,8,15H,2-3,6-7,9H2,1H3. The van der Waals surface area contributed by atoms with Crippen molar-refractivity contribution < 1.29 is 4.79 Å². The maximum Gasteiger partial charge on any atom is 0.176 e. The first-order valence-electron chi connectivity index (χ1n) is 5.94. The molecule has 0 spiro atoms. The molecule has 1 aromatic rings. The molecule has 1 heterocycles. The van der Waals surface area contributed by atoms with E-state index in [-0.39, 0.29) is 5.78 Å². The molecule has 0 aromatic heterocycles. The Bertz CT molecular complexity index is 414. The molecular weight excluding hydrogens is 236 g/mol. The van der Waals surface area contributed by atoms with Crippen molar-refractivity contribution in [2.24, 2.45) is 0 Å². The fourth-order valence-electron chi connectivity index (χ4n) is 2.16. The summed E-state index contributed by atoms with van der Waals surface area (Å²) in [7, 11) is 1.76. The van der Waals surface area contributed by atoms with Crippen LogP contribution in [0.5, 0.6) is 0 Å². The van der Waals surface area contributed by atoms with Gasteiger partial charge in [0.1, 0.15) is 0 Å².